The summed E-state index contributed by atoms with van der Waals surface area (Å²) in [6.07, 6.45) is 10.0. The summed E-state index contributed by atoms with van der Waals surface area (Å²) in [6.45, 7) is 2.86. The highest BCUT2D eigenvalue weighted by Crippen LogP contribution is 2.17. The van der Waals surface area contributed by atoms with Crippen molar-refractivity contribution in [2.75, 3.05) is 36.6 Å². The van der Waals surface area contributed by atoms with Crippen molar-refractivity contribution in [2.45, 2.75) is 19.3 Å². The number of anilines is 2. The standard InChI is InChI=1S/C24H26N8O/c1-2-8-21-20(7-1)19(16-26-21)17-27-31-23-28-22(9-3-5-18-6-4-10-25-15-18)29-24(30-23)32-11-13-33-14-12-32/h1-2,4,6-8,10,15-17,26H,3,5,9,11-14H2,(H,28,29,30,31)/b27-17+. The van der Waals surface area contributed by atoms with Crippen LogP contribution in [-0.4, -0.2) is 57.4 Å². The lowest BCUT2D eigenvalue weighted by atomic mass is 10.1. The summed E-state index contributed by atoms with van der Waals surface area (Å²) in [5.41, 5.74) is 6.28. The van der Waals surface area contributed by atoms with Crippen molar-refractivity contribution in [1.82, 2.24) is 24.9 Å². The molecule has 2 N–H and O–H groups in total. The van der Waals surface area contributed by atoms with Gasteiger partial charge in [-0.1, -0.05) is 24.3 Å². The van der Waals surface area contributed by atoms with Crippen molar-refractivity contribution in [3.05, 3.63) is 71.9 Å². The van der Waals surface area contributed by atoms with Gasteiger partial charge in [-0.05, 0) is 30.5 Å². The fourth-order valence-corrected chi connectivity index (χ4v) is 3.83. The van der Waals surface area contributed by atoms with Gasteiger partial charge in [-0.3, -0.25) is 4.98 Å². The van der Waals surface area contributed by atoms with Gasteiger partial charge in [0.1, 0.15) is 5.82 Å². The molecule has 1 fully saturated rings. The van der Waals surface area contributed by atoms with Gasteiger partial charge in [0.15, 0.2) is 0 Å². The minimum Gasteiger partial charge on any atom is -0.378 e. The molecule has 9 heteroatoms. The van der Waals surface area contributed by atoms with E-state index in [4.69, 9.17) is 9.72 Å². The number of hydrogen-bond donors (Lipinski definition) is 2. The molecule has 0 radical (unpaired) electrons. The first kappa shape index (κ1) is 21.0. The van der Waals surface area contributed by atoms with Gasteiger partial charge in [0.25, 0.3) is 0 Å². The van der Waals surface area contributed by atoms with E-state index < -0.39 is 0 Å². The molecule has 0 atom stereocenters. The number of benzene rings is 1. The Morgan fingerprint density at radius 3 is 2.85 bits per heavy atom. The summed E-state index contributed by atoms with van der Waals surface area (Å²) in [7, 11) is 0. The first-order chi connectivity index (χ1) is 16.3. The van der Waals surface area contributed by atoms with E-state index in [1.54, 1.807) is 12.4 Å². The predicted molar refractivity (Wildman–Crippen MR) is 129 cm³/mol. The number of nitrogens with zero attached hydrogens (tertiary/aromatic N) is 6. The number of hydrogen-bond acceptors (Lipinski definition) is 8. The number of para-hydroxylation sites is 1. The Hall–Kier alpha value is -3.85. The number of H-pyrrole nitrogens is 1. The highest BCUT2D eigenvalue weighted by molar-refractivity contribution is 5.99. The molecule has 0 unspecified atom stereocenters. The van der Waals surface area contributed by atoms with Crippen LogP contribution in [0, 0.1) is 0 Å². The highest BCUT2D eigenvalue weighted by Gasteiger charge is 2.16. The third-order valence-electron chi connectivity index (χ3n) is 5.54. The number of aromatic amines is 1. The molecule has 0 aliphatic carbocycles. The molecule has 33 heavy (non-hydrogen) atoms. The molecular weight excluding hydrogens is 416 g/mol. The molecule has 0 amide bonds. The lowest BCUT2D eigenvalue weighted by molar-refractivity contribution is 0.122. The van der Waals surface area contributed by atoms with Crippen LogP contribution in [0.1, 0.15) is 23.4 Å². The monoisotopic (exact) mass is 442 g/mol. The number of fused-ring (bicyclic) bond motifs is 1. The van der Waals surface area contributed by atoms with Crippen LogP contribution in [0.3, 0.4) is 0 Å². The van der Waals surface area contributed by atoms with Gasteiger partial charge >= 0.3 is 0 Å². The molecule has 1 saturated heterocycles. The molecular formula is C24H26N8O. The van der Waals surface area contributed by atoms with Gasteiger partial charge in [0, 0.05) is 54.6 Å². The van der Waals surface area contributed by atoms with Crippen molar-refractivity contribution >= 4 is 29.0 Å². The molecule has 4 aromatic rings. The Kier molecular flexibility index (Phi) is 6.48. The maximum absolute atomic E-state index is 5.48. The Morgan fingerprint density at radius 2 is 1.97 bits per heavy atom. The fourth-order valence-electron chi connectivity index (χ4n) is 3.83. The van der Waals surface area contributed by atoms with Crippen LogP contribution in [0.15, 0.2) is 60.1 Å². The number of aromatic nitrogens is 5. The maximum atomic E-state index is 5.48. The zero-order chi connectivity index (χ0) is 22.3. The zero-order valence-corrected chi connectivity index (χ0v) is 18.3. The van der Waals surface area contributed by atoms with Gasteiger partial charge < -0.3 is 14.6 Å². The number of aryl methyl sites for hydroxylation is 2. The molecule has 0 saturated carbocycles. The van der Waals surface area contributed by atoms with Crippen molar-refractivity contribution < 1.29 is 4.74 Å². The van der Waals surface area contributed by atoms with Crippen molar-refractivity contribution in [3.8, 4) is 0 Å². The van der Waals surface area contributed by atoms with Crippen LogP contribution in [0.5, 0.6) is 0 Å². The molecule has 168 valence electrons. The maximum Gasteiger partial charge on any atom is 0.248 e. The molecule has 9 nitrogen and oxygen atoms in total. The van der Waals surface area contributed by atoms with Crippen molar-refractivity contribution in [3.63, 3.8) is 0 Å². The van der Waals surface area contributed by atoms with Gasteiger partial charge in [-0.25, -0.2) is 5.43 Å². The largest absolute Gasteiger partial charge is 0.378 e. The average molecular weight is 443 g/mol. The summed E-state index contributed by atoms with van der Waals surface area (Å²) in [5.74, 6) is 1.86. The molecule has 5 rings (SSSR count). The van der Waals surface area contributed by atoms with Gasteiger partial charge in [-0.15, -0.1) is 0 Å². The fraction of sp³-hybridized carbons (Fsp3) is 0.292. The normalized spacial score (nSPS) is 14.2. The number of pyridine rings is 1. The van der Waals surface area contributed by atoms with E-state index in [0.717, 1.165) is 54.6 Å². The summed E-state index contributed by atoms with van der Waals surface area (Å²) in [6, 6.07) is 12.2. The van der Waals surface area contributed by atoms with Crippen LogP contribution in [0.4, 0.5) is 11.9 Å². The Morgan fingerprint density at radius 1 is 1.06 bits per heavy atom. The molecule has 0 bridgehead atoms. The lowest BCUT2D eigenvalue weighted by Gasteiger charge is -2.27. The van der Waals surface area contributed by atoms with Gasteiger partial charge in [0.05, 0.1) is 19.4 Å². The molecule has 1 aliphatic rings. The first-order valence-corrected chi connectivity index (χ1v) is 11.2. The number of nitrogens with one attached hydrogen (secondary N) is 2. The van der Waals surface area contributed by atoms with E-state index in [1.165, 1.54) is 5.56 Å². The molecule has 1 aromatic carbocycles. The topological polar surface area (TPSA) is 104 Å². The van der Waals surface area contributed by atoms with E-state index in [9.17, 15) is 0 Å². The summed E-state index contributed by atoms with van der Waals surface area (Å²) in [5, 5.41) is 5.50. The number of hydrazone groups is 1. The van der Waals surface area contributed by atoms with Crippen LogP contribution in [0.2, 0.25) is 0 Å². The van der Waals surface area contributed by atoms with Crippen LogP contribution in [-0.2, 0) is 17.6 Å². The second-order valence-electron chi connectivity index (χ2n) is 7.85. The van der Waals surface area contributed by atoms with Crippen molar-refractivity contribution in [2.24, 2.45) is 5.10 Å². The van der Waals surface area contributed by atoms with Crippen LogP contribution in [0.25, 0.3) is 10.9 Å². The Bertz CT molecular complexity index is 1220. The second-order valence-corrected chi connectivity index (χ2v) is 7.85. The van der Waals surface area contributed by atoms with E-state index in [2.05, 4.69) is 47.5 Å². The first-order valence-electron chi connectivity index (χ1n) is 11.2. The minimum absolute atomic E-state index is 0.443. The summed E-state index contributed by atoms with van der Waals surface area (Å²) in [4.78, 5) is 23.5. The van der Waals surface area contributed by atoms with E-state index in [0.29, 0.717) is 25.1 Å². The van der Waals surface area contributed by atoms with E-state index >= 15 is 0 Å². The van der Waals surface area contributed by atoms with Gasteiger partial charge in [-0.2, -0.15) is 20.1 Å². The van der Waals surface area contributed by atoms with Crippen LogP contribution >= 0.6 is 0 Å². The molecule has 1 aliphatic heterocycles. The number of morpholine rings is 1. The van der Waals surface area contributed by atoms with E-state index in [-0.39, 0.29) is 0 Å². The quantitative estimate of drug-likeness (QED) is 0.319. The SMILES string of the molecule is C(=N\Nc1nc(CCCc2cccnc2)nc(N2CCOCC2)n1)/c1c[nH]c2ccccc12. The second kappa shape index (κ2) is 10.2. The smallest absolute Gasteiger partial charge is 0.248 e. The third kappa shape index (κ3) is 5.32. The molecule has 3 aromatic heterocycles. The summed E-state index contributed by atoms with van der Waals surface area (Å²) < 4.78 is 5.48. The molecule has 4 heterocycles. The summed E-state index contributed by atoms with van der Waals surface area (Å²) >= 11 is 0. The average Bonchev–Trinajstić information content (AvgIpc) is 3.28. The van der Waals surface area contributed by atoms with E-state index in [1.807, 2.05) is 36.7 Å². The van der Waals surface area contributed by atoms with Gasteiger partial charge in [0.2, 0.25) is 11.9 Å². The van der Waals surface area contributed by atoms with Crippen molar-refractivity contribution in [1.29, 1.82) is 0 Å². The highest BCUT2D eigenvalue weighted by atomic mass is 16.5. The number of rotatable bonds is 8. The zero-order valence-electron chi connectivity index (χ0n) is 18.3. The number of ether oxygens (including phenoxy) is 1. The van der Waals surface area contributed by atoms with Crippen LogP contribution < -0.4 is 10.3 Å². The Balaban J connectivity index is 1.31. The predicted octanol–water partition coefficient (Wildman–Crippen LogP) is 3.21. The molecule has 0 spiro atoms. The lowest BCUT2D eigenvalue weighted by Crippen LogP contribution is -2.37. The Labute approximate surface area is 192 Å². The third-order valence-corrected chi connectivity index (χ3v) is 5.54. The minimum atomic E-state index is 0.443.